The molecular formula is C27H32N2O5. The Hall–Kier alpha value is -3.35. The molecule has 2 aliphatic rings. The van der Waals surface area contributed by atoms with Crippen LogP contribution in [0.4, 0.5) is 4.79 Å². The number of amides is 2. The van der Waals surface area contributed by atoms with Crippen LogP contribution in [0.25, 0.3) is 11.1 Å². The van der Waals surface area contributed by atoms with Crippen molar-refractivity contribution in [1.82, 2.24) is 10.6 Å². The average Bonchev–Trinajstić information content (AvgIpc) is 3.10. The average molecular weight is 465 g/mol. The first-order valence-corrected chi connectivity index (χ1v) is 11.9. The van der Waals surface area contributed by atoms with Crippen LogP contribution in [0.2, 0.25) is 0 Å². The lowest BCUT2D eigenvalue weighted by Gasteiger charge is -2.39. The standard InChI is InChI=1S/C27H32N2O5/c1-17(2)14-18(24(30)29-27(25(31)32)12-7-13-27)15-28-26(33)34-16-23-21-10-5-3-8-19(21)20-9-4-6-11-22(20)23/h3-6,8-11,17-18,23H,7,12-16H2,1-2H3,(H,28,33)(H,29,30)(H,31,32). The van der Waals surface area contributed by atoms with Gasteiger partial charge in [0.15, 0.2) is 0 Å². The Morgan fingerprint density at radius 1 is 1.03 bits per heavy atom. The van der Waals surface area contributed by atoms with Gasteiger partial charge in [-0.25, -0.2) is 9.59 Å². The predicted molar refractivity (Wildman–Crippen MR) is 128 cm³/mol. The van der Waals surface area contributed by atoms with Crippen molar-refractivity contribution < 1.29 is 24.2 Å². The molecular weight excluding hydrogens is 432 g/mol. The number of nitrogens with one attached hydrogen (secondary N) is 2. The SMILES string of the molecule is CC(C)CC(CNC(=O)OCC1c2ccccc2-c2ccccc21)C(=O)NC1(C(=O)O)CCC1. The van der Waals surface area contributed by atoms with Gasteiger partial charge >= 0.3 is 12.1 Å². The highest BCUT2D eigenvalue weighted by Gasteiger charge is 2.46. The van der Waals surface area contributed by atoms with Crippen molar-refractivity contribution in [3.63, 3.8) is 0 Å². The number of ether oxygens (including phenoxy) is 1. The first kappa shape index (κ1) is 23.8. The minimum atomic E-state index is -1.17. The maximum Gasteiger partial charge on any atom is 0.407 e. The number of aliphatic carboxylic acids is 1. The molecule has 1 unspecified atom stereocenters. The van der Waals surface area contributed by atoms with Crippen molar-refractivity contribution in [2.45, 2.75) is 51.0 Å². The molecule has 34 heavy (non-hydrogen) atoms. The summed E-state index contributed by atoms with van der Waals surface area (Å²) in [5.74, 6) is -1.70. The highest BCUT2D eigenvalue weighted by atomic mass is 16.5. The molecule has 1 atom stereocenters. The van der Waals surface area contributed by atoms with Gasteiger partial charge in [-0.15, -0.1) is 0 Å². The van der Waals surface area contributed by atoms with E-state index in [2.05, 4.69) is 34.9 Å². The molecule has 0 spiro atoms. The van der Waals surface area contributed by atoms with E-state index in [1.807, 2.05) is 38.1 Å². The van der Waals surface area contributed by atoms with Crippen molar-refractivity contribution >= 4 is 18.0 Å². The van der Waals surface area contributed by atoms with Gasteiger partial charge in [0, 0.05) is 12.5 Å². The Labute approximate surface area is 199 Å². The number of carbonyl (C=O) groups is 3. The monoisotopic (exact) mass is 464 g/mol. The second kappa shape index (κ2) is 9.87. The first-order chi connectivity index (χ1) is 16.3. The third-order valence-electron chi connectivity index (χ3n) is 6.94. The summed E-state index contributed by atoms with van der Waals surface area (Å²) in [6.07, 6.45) is 1.59. The van der Waals surface area contributed by atoms with Crippen LogP contribution in [-0.2, 0) is 14.3 Å². The van der Waals surface area contributed by atoms with E-state index >= 15 is 0 Å². The lowest BCUT2D eigenvalue weighted by Crippen LogP contribution is -2.60. The zero-order valence-electron chi connectivity index (χ0n) is 19.7. The molecule has 1 fully saturated rings. The maximum absolute atomic E-state index is 12.9. The number of hydrogen-bond donors (Lipinski definition) is 3. The molecule has 2 aromatic carbocycles. The molecule has 0 saturated heterocycles. The summed E-state index contributed by atoms with van der Waals surface area (Å²) in [5, 5.41) is 15.0. The van der Waals surface area contributed by atoms with E-state index in [0.717, 1.165) is 28.7 Å². The van der Waals surface area contributed by atoms with Crippen LogP contribution in [0.5, 0.6) is 0 Å². The second-order valence-electron chi connectivity index (χ2n) is 9.76. The minimum Gasteiger partial charge on any atom is -0.480 e. The van der Waals surface area contributed by atoms with Crippen LogP contribution < -0.4 is 10.6 Å². The molecule has 0 aliphatic heterocycles. The number of rotatable bonds is 9. The quantitative estimate of drug-likeness (QED) is 0.513. The molecule has 4 rings (SSSR count). The smallest absolute Gasteiger partial charge is 0.407 e. The van der Waals surface area contributed by atoms with Crippen LogP contribution in [0.1, 0.15) is 56.6 Å². The summed E-state index contributed by atoms with van der Waals surface area (Å²) in [6.45, 7) is 4.27. The van der Waals surface area contributed by atoms with Gasteiger partial charge in [0.05, 0.1) is 5.92 Å². The Kier molecular flexibility index (Phi) is 6.91. The van der Waals surface area contributed by atoms with Crippen molar-refractivity contribution in [2.75, 3.05) is 13.2 Å². The number of hydrogen-bond acceptors (Lipinski definition) is 4. The number of benzene rings is 2. The highest BCUT2D eigenvalue weighted by molar-refractivity contribution is 5.89. The first-order valence-electron chi connectivity index (χ1n) is 11.9. The Bertz CT molecular complexity index is 1030. The topological polar surface area (TPSA) is 105 Å². The number of carboxylic acid groups (broad SMARTS) is 1. The third-order valence-corrected chi connectivity index (χ3v) is 6.94. The molecule has 0 bridgehead atoms. The molecule has 2 amide bonds. The van der Waals surface area contributed by atoms with Gasteiger partial charge in [-0.2, -0.15) is 0 Å². The number of carbonyl (C=O) groups excluding carboxylic acids is 2. The van der Waals surface area contributed by atoms with Crippen LogP contribution in [-0.4, -0.2) is 41.8 Å². The normalized spacial score (nSPS) is 16.7. The van der Waals surface area contributed by atoms with Gasteiger partial charge in [0.1, 0.15) is 12.1 Å². The van der Waals surface area contributed by atoms with Gasteiger partial charge in [-0.3, -0.25) is 4.79 Å². The van der Waals surface area contributed by atoms with Gasteiger partial charge < -0.3 is 20.5 Å². The summed E-state index contributed by atoms with van der Waals surface area (Å²) in [5.41, 5.74) is 3.41. The lowest BCUT2D eigenvalue weighted by molar-refractivity contribution is -0.152. The van der Waals surface area contributed by atoms with E-state index in [9.17, 15) is 19.5 Å². The molecule has 2 aliphatic carbocycles. The molecule has 2 aromatic rings. The summed E-state index contributed by atoms with van der Waals surface area (Å²) in [7, 11) is 0. The van der Waals surface area contributed by atoms with Gasteiger partial charge in [0.2, 0.25) is 5.91 Å². The fourth-order valence-electron chi connectivity index (χ4n) is 4.97. The molecule has 1 saturated carbocycles. The molecule has 180 valence electrons. The fraction of sp³-hybridized carbons (Fsp3) is 0.444. The zero-order chi connectivity index (χ0) is 24.3. The molecule has 0 heterocycles. The molecule has 3 N–H and O–H groups in total. The summed E-state index contributed by atoms with van der Waals surface area (Å²) in [4.78, 5) is 37.0. The van der Waals surface area contributed by atoms with Gasteiger partial charge in [-0.05, 0) is 53.9 Å². The Morgan fingerprint density at radius 3 is 2.12 bits per heavy atom. The van der Waals surface area contributed by atoms with E-state index in [1.54, 1.807) is 0 Å². The molecule has 7 nitrogen and oxygen atoms in total. The molecule has 0 aromatic heterocycles. The summed E-state index contributed by atoms with van der Waals surface area (Å²) < 4.78 is 5.57. The second-order valence-corrected chi connectivity index (χ2v) is 9.76. The van der Waals surface area contributed by atoms with Crippen LogP contribution >= 0.6 is 0 Å². The van der Waals surface area contributed by atoms with E-state index < -0.39 is 23.5 Å². The number of fused-ring (bicyclic) bond motifs is 3. The summed E-state index contributed by atoms with van der Waals surface area (Å²) >= 11 is 0. The van der Waals surface area contributed by atoms with E-state index in [4.69, 9.17) is 4.74 Å². The lowest BCUT2D eigenvalue weighted by atomic mass is 9.76. The largest absolute Gasteiger partial charge is 0.480 e. The van der Waals surface area contributed by atoms with Crippen LogP contribution in [0.3, 0.4) is 0 Å². The van der Waals surface area contributed by atoms with Gasteiger partial charge in [0.25, 0.3) is 0 Å². The van der Waals surface area contributed by atoms with Crippen molar-refractivity contribution in [3.8, 4) is 11.1 Å². The Balaban J connectivity index is 1.36. The van der Waals surface area contributed by atoms with E-state index in [1.165, 1.54) is 0 Å². The number of carboxylic acids is 1. The van der Waals surface area contributed by atoms with Crippen molar-refractivity contribution in [2.24, 2.45) is 11.8 Å². The van der Waals surface area contributed by atoms with Crippen molar-refractivity contribution in [1.29, 1.82) is 0 Å². The van der Waals surface area contributed by atoms with E-state index in [-0.39, 0.29) is 30.9 Å². The number of alkyl carbamates (subject to hydrolysis) is 1. The van der Waals surface area contributed by atoms with Crippen molar-refractivity contribution in [3.05, 3.63) is 59.7 Å². The maximum atomic E-state index is 12.9. The summed E-state index contributed by atoms with van der Waals surface area (Å²) in [6, 6.07) is 16.3. The highest BCUT2D eigenvalue weighted by Crippen LogP contribution is 2.44. The molecule has 7 heteroatoms. The molecule has 0 radical (unpaired) electrons. The zero-order valence-corrected chi connectivity index (χ0v) is 19.7. The van der Waals surface area contributed by atoms with E-state index in [0.29, 0.717) is 19.3 Å². The van der Waals surface area contributed by atoms with Crippen LogP contribution in [0, 0.1) is 11.8 Å². The van der Waals surface area contributed by atoms with Gasteiger partial charge in [-0.1, -0.05) is 62.4 Å². The predicted octanol–water partition coefficient (Wildman–Crippen LogP) is 4.31. The van der Waals surface area contributed by atoms with Crippen LogP contribution in [0.15, 0.2) is 48.5 Å². The fourth-order valence-corrected chi connectivity index (χ4v) is 4.97. The Morgan fingerprint density at radius 2 is 1.62 bits per heavy atom. The third kappa shape index (κ3) is 4.79. The minimum absolute atomic E-state index is 0.0399.